The zero-order valence-electron chi connectivity index (χ0n) is 19.6. The molecule has 4 rings (SSSR count). The molecule has 0 fully saturated rings. The number of benzene rings is 3. The van der Waals surface area contributed by atoms with Crippen LogP contribution in [0.4, 0.5) is 10.8 Å². The van der Waals surface area contributed by atoms with Crippen molar-refractivity contribution in [3.05, 3.63) is 90.0 Å². The molecule has 0 atom stereocenters. The Morgan fingerprint density at radius 2 is 1.72 bits per heavy atom. The monoisotopic (exact) mass is 540 g/mol. The van der Waals surface area contributed by atoms with E-state index in [2.05, 4.69) is 15.5 Å². The van der Waals surface area contributed by atoms with Crippen LogP contribution < -0.4 is 14.4 Å². The third kappa shape index (κ3) is 6.23. The van der Waals surface area contributed by atoms with Crippen LogP contribution in [0, 0.1) is 6.92 Å². The van der Waals surface area contributed by atoms with Gasteiger partial charge in [-0.1, -0.05) is 77.7 Å². The molecule has 3 aromatic carbocycles. The number of anilines is 2. The molecule has 36 heavy (non-hydrogen) atoms. The summed E-state index contributed by atoms with van der Waals surface area (Å²) in [5.41, 5.74) is 2.24. The summed E-state index contributed by atoms with van der Waals surface area (Å²) in [7, 11) is -2.61. The minimum Gasteiger partial charge on any atom is -0.495 e. The van der Waals surface area contributed by atoms with Gasteiger partial charge in [-0.2, -0.15) is 0 Å². The number of hydrogen-bond donors (Lipinski definition) is 1. The van der Waals surface area contributed by atoms with Crippen molar-refractivity contribution in [3.8, 4) is 5.75 Å². The van der Waals surface area contributed by atoms with Crippen LogP contribution in [0.15, 0.2) is 88.1 Å². The van der Waals surface area contributed by atoms with Crippen molar-refractivity contribution in [2.75, 3.05) is 23.3 Å². The van der Waals surface area contributed by atoms with Crippen LogP contribution in [0.3, 0.4) is 0 Å². The predicted octanol–water partition coefficient (Wildman–Crippen LogP) is 4.98. The second-order valence-electron chi connectivity index (χ2n) is 7.70. The number of hydrogen-bond acceptors (Lipinski definition) is 8. The number of thioether (sulfide) groups is 1. The molecular weight excluding hydrogens is 517 g/mol. The highest BCUT2D eigenvalue weighted by molar-refractivity contribution is 8.00. The van der Waals surface area contributed by atoms with E-state index in [1.54, 1.807) is 30.3 Å². The number of carbonyl (C=O) groups is 1. The molecule has 0 spiro atoms. The van der Waals surface area contributed by atoms with Crippen LogP contribution in [0.5, 0.6) is 5.75 Å². The fourth-order valence-corrected chi connectivity index (χ4v) is 6.51. The highest BCUT2D eigenvalue weighted by atomic mass is 32.2. The summed E-state index contributed by atoms with van der Waals surface area (Å²) in [5.74, 6) is 0.511. The van der Waals surface area contributed by atoms with Gasteiger partial charge < -0.3 is 4.74 Å². The molecule has 1 amide bonds. The first kappa shape index (κ1) is 25.7. The number of ether oxygens (including phenoxy) is 1. The van der Waals surface area contributed by atoms with Gasteiger partial charge in [-0.05, 0) is 42.3 Å². The van der Waals surface area contributed by atoms with Gasteiger partial charge in [-0.3, -0.25) is 14.4 Å². The summed E-state index contributed by atoms with van der Waals surface area (Å²) in [5, 5.41) is 11.1. The summed E-state index contributed by atoms with van der Waals surface area (Å²) in [6.07, 6.45) is 0. The van der Waals surface area contributed by atoms with E-state index in [1.807, 2.05) is 43.3 Å². The highest BCUT2D eigenvalue weighted by Crippen LogP contribution is 2.34. The fraction of sp³-hybridized carbons (Fsp3) is 0.160. The summed E-state index contributed by atoms with van der Waals surface area (Å²) in [6, 6.07) is 23.1. The topological polar surface area (TPSA) is 101 Å². The summed E-state index contributed by atoms with van der Waals surface area (Å²) >= 11 is 2.74. The number of sulfonamides is 1. The summed E-state index contributed by atoms with van der Waals surface area (Å²) in [4.78, 5) is 13.1. The zero-order chi connectivity index (χ0) is 25.5. The molecule has 0 radical (unpaired) electrons. The fourth-order valence-electron chi connectivity index (χ4n) is 3.34. The van der Waals surface area contributed by atoms with Crippen LogP contribution in [-0.2, 0) is 20.6 Å². The van der Waals surface area contributed by atoms with E-state index in [4.69, 9.17) is 4.74 Å². The Kier molecular flexibility index (Phi) is 8.24. The Morgan fingerprint density at radius 1 is 1.03 bits per heavy atom. The molecular formula is C25H24N4O4S3. The molecule has 1 aromatic heterocycles. The molecule has 0 aliphatic heterocycles. The lowest BCUT2D eigenvalue weighted by molar-refractivity contribution is -0.114. The molecule has 4 aromatic rings. The number of amides is 1. The number of aromatic nitrogens is 2. The van der Waals surface area contributed by atoms with Crippen molar-refractivity contribution in [1.82, 2.24) is 10.2 Å². The van der Waals surface area contributed by atoms with Gasteiger partial charge in [0.1, 0.15) is 12.3 Å². The molecule has 0 saturated carbocycles. The number of rotatable bonds is 10. The SMILES string of the molecule is COc1ccc(C)cc1N(CC(=O)Nc1nnc(SCc2ccccc2)s1)S(=O)(=O)c1ccccc1. The first-order valence-electron chi connectivity index (χ1n) is 10.9. The van der Waals surface area contributed by atoms with Crippen LogP contribution in [0.1, 0.15) is 11.1 Å². The number of nitrogens with zero attached hydrogens (tertiary/aromatic N) is 3. The van der Waals surface area contributed by atoms with E-state index in [-0.39, 0.29) is 10.6 Å². The van der Waals surface area contributed by atoms with Crippen molar-refractivity contribution in [3.63, 3.8) is 0 Å². The maximum absolute atomic E-state index is 13.6. The van der Waals surface area contributed by atoms with Gasteiger partial charge in [0.05, 0.1) is 17.7 Å². The number of nitrogens with one attached hydrogen (secondary N) is 1. The van der Waals surface area contributed by atoms with Gasteiger partial charge in [0.15, 0.2) is 4.34 Å². The Bertz CT molecular complexity index is 1430. The predicted molar refractivity (Wildman–Crippen MR) is 143 cm³/mol. The molecule has 0 bridgehead atoms. The van der Waals surface area contributed by atoms with E-state index in [9.17, 15) is 13.2 Å². The van der Waals surface area contributed by atoms with E-state index >= 15 is 0 Å². The van der Waals surface area contributed by atoms with Crippen molar-refractivity contribution < 1.29 is 17.9 Å². The molecule has 0 aliphatic carbocycles. The molecule has 1 N–H and O–H groups in total. The molecule has 0 aliphatic rings. The maximum Gasteiger partial charge on any atom is 0.264 e. The van der Waals surface area contributed by atoms with Crippen molar-refractivity contribution >= 4 is 49.8 Å². The van der Waals surface area contributed by atoms with Crippen molar-refractivity contribution in [2.24, 2.45) is 0 Å². The Morgan fingerprint density at radius 3 is 2.42 bits per heavy atom. The van der Waals surface area contributed by atoms with Gasteiger partial charge in [-0.25, -0.2) is 8.42 Å². The molecule has 186 valence electrons. The van der Waals surface area contributed by atoms with Crippen molar-refractivity contribution in [1.29, 1.82) is 0 Å². The van der Waals surface area contributed by atoms with E-state index in [1.165, 1.54) is 42.3 Å². The van der Waals surface area contributed by atoms with E-state index in [0.29, 0.717) is 15.2 Å². The van der Waals surface area contributed by atoms with Gasteiger partial charge in [0, 0.05) is 5.75 Å². The second kappa shape index (κ2) is 11.5. The lowest BCUT2D eigenvalue weighted by Crippen LogP contribution is -2.38. The molecule has 1 heterocycles. The number of methoxy groups -OCH3 is 1. The van der Waals surface area contributed by atoms with Crippen LogP contribution in [0.2, 0.25) is 0 Å². The van der Waals surface area contributed by atoms with Gasteiger partial charge in [0.2, 0.25) is 11.0 Å². The third-order valence-electron chi connectivity index (χ3n) is 5.08. The summed E-state index contributed by atoms with van der Waals surface area (Å²) < 4.78 is 34.3. The van der Waals surface area contributed by atoms with Crippen molar-refractivity contribution in [2.45, 2.75) is 21.9 Å². The van der Waals surface area contributed by atoms with Gasteiger partial charge in [0.25, 0.3) is 10.0 Å². The average Bonchev–Trinajstić information content (AvgIpc) is 3.34. The minimum atomic E-state index is -4.07. The zero-order valence-corrected chi connectivity index (χ0v) is 22.1. The van der Waals surface area contributed by atoms with Gasteiger partial charge in [-0.15, -0.1) is 10.2 Å². The number of carbonyl (C=O) groups excluding carboxylic acids is 1. The lowest BCUT2D eigenvalue weighted by atomic mass is 10.2. The standard InChI is InChI=1S/C25H24N4O4S3/c1-18-13-14-22(33-2)21(15-18)29(36(31,32)20-11-7-4-8-12-20)16-23(30)26-24-27-28-25(35-24)34-17-19-9-5-3-6-10-19/h3-15H,16-17H2,1-2H3,(H,26,27,30). The maximum atomic E-state index is 13.6. The molecule has 0 saturated heterocycles. The van der Waals surface area contributed by atoms with Gasteiger partial charge >= 0.3 is 0 Å². The highest BCUT2D eigenvalue weighted by Gasteiger charge is 2.29. The Labute approximate surface area is 218 Å². The molecule has 0 unspecified atom stereocenters. The van der Waals surface area contributed by atoms with E-state index < -0.39 is 22.5 Å². The van der Waals surface area contributed by atoms with E-state index in [0.717, 1.165) is 21.2 Å². The Hall–Kier alpha value is -3.41. The third-order valence-corrected chi connectivity index (χ3v) is 8.90. The van der Waals surface area contributed by atoms with Crippen LogP contribution >= 0.6 is 23.1 Å². The normalized spacial score (nSPS) is 11.2. The second-order valence-corrected chi connectivity index (χ2v) is 11.8. The molecule has 8 nitrogen and oxygen atoms in total. The lowest BCUT2D eigenvalue weighted by Gasteiger charge is -2.25. The Balaban J connectivity index is 1.54. The smallest absolute Gasteiger partial charge is 0.264 e. The first-order chi connectivity index (χ1) is 17.4. The van der Waals surface area contributed by atoms with Crippen LogP contribution in [0.25, 0.3) is 0 Å². The summed E-state index contributed by atoms with van der Waals surface area (Å²) in [6.45, 7) is 1.37. The quantitative estimate of drug-likeness (QED) is 0.224. The largest absolute Gasteiger partial charge is 0.495 e. The average molecular weight is 541 g/mol. The molecule has 11 heteroatoms. The first-order valence-corrected chi connectivity index (χ1v) is 14.1. The van der Waals surface area contributed by atoms with Crippen LogP contribution in [-0.4, -0.2) is 38.2 Å². The minimum absolute atomic E-state index is 0.0665. The number of aryl methyl sites for hydroxylation is 1.